The second kappa shape index (κ2) is 16.1. The highest BCUT2D eigenvalue weighted by molar-refractivity contribution is 7.00. The van der Waals surface area contributed by atoms with Gasteiger partial charge in [0.1, 0.15) is 0 Å². The van der Waals surface area contributed by atoms with E-state index in [9.17, 15) is 0 Å². The van der Waals surface area contributed by atoms with Crippen molar-refractivity contribution in [2.45, 2.75) is 50.5 Å². The zero-order valence-electron chi connectivity index (χ0n) is 40.2. The Morgan fingerprint density at radius 3 is 1.73 bits per heavy atom. The van der Waals surface area contributed by atoms with E-state index in [2.05, 4.69) is 270 Å². The fraction of sp³-hybridized carbons (Fsp3) is 0.121. The summed E-state index contributed by atoms with van der Waals surface area (Å²) in [7, 11) is 0. The molecule has 10 aromatic carbocycles. The standard InChI is InChI=1S/C66H53BN4/c1-65-40-17-18-41-66(65,2)71-62-45-54(68(48-25-7-3-8-26-48)49-27-9-4-10-28-49)44-61-63(62)67(59-37-21-36-57(65)64(59)71)58-39-38-53(43-60(58)70(61)51-31-13-6-14-32-51)69(50-29-11-5-12-30-50)52-33-19-24-47(42-52)56-35-20-23-46-22-15-16-34-55(46)56/h3-16,19-39,42-45H,17-18,40-41H2,1-2H3. The van der Waals surface area contributed by atoms with Crippen molar-refractivity contribution in [1.82, 2.24) is 0 Å². The molecule has 0 radical (unpaired) electrons. The van der Waals surface area contributed by atoms with Crippen LogP contribution >= 0.6 is 0 Å². The zero-order chi connectivity index (χ0) is 47.3. The molecule has 71 heavy (non-hydrogen) atoms. The first-order valence-electron chi connectivity index (χ1n) is 25.4. The summed E-state index contributed by atoms with van der Waals surface area (Å²) in [5.74, 6) is 0. The molecule has 340 valence electrons. The molecular weight excluding hydrogens is 860 g/mol. The first-order chi connectivity index (χ1) is 35.0. The van der Waals surface area contributed by atoms with Crippen molar-refractivity contribution in [2.75, 3.05) is 19.6 Å². The van der Waals surface area contributed by atoms with Crippen LogP contribution in [0.25, 0.3) is 21.9 Å². The Bertz CT molecular complexity index is 3630. The molecule has 3 aliphatic heterocycles. The topological polar surface area (TPSA) is 13.0 Å². The minimum absolute atomic E-state index is 0.00587. The minimum Gasteiger partial charge on any atom is -0.335 e. The van der Waals surface area contributed by atoms with Crippen molar-refractivity contribution in [3.05, 3.63) is 242 Å². The summed E-state index contributed by atoms with van der Waals surface area (Å²) in [6, 6.07) is 87.9. The number of para-hydroxylation sites is 5. The predicted octanol–water partition coefficient (Wildman–Crippen LogP) is 15.8. The van der Waals surface area contributed by atoms with E-state index in [-0.39, 0.29) is 17.7 Å². The van der Waals surface area contributed by atoms with Gasteiger partial charge in [-0.1, -0.05) is 171 Å². The summed E-state index contributed by atoms with van der Waals surface area (Å²) in [5, 5.41) is 2.49. The second-order valence-electron chi connectivity index (χ2n) is 20.4. The Labute approximate surface area is 417 Å². The number of nitrogens with zero attached hydrogens (tertiary/aromatic N) is 4. The maximum absolute atomic E-state index is 2.84. The molecule has 0 amide bonds. The monoisotopic (exact) mass is 912 g/mol. The summed E-state index contributed by atoms with van der Waals surface area (Å²) in [6.07, 6.45) is 4.79. The van der Waals surface area contributed by atoms with Gasteiger partial charge in [0.25, 0.3) is 6.71 Å². The van der Waals surface area contributed by atoms with E-state index >= 15 is 0 Å². The van der Waals surface area contributed by atoms with E-state index in [1.54, 1.807) is 0 Å². The molecule has 10 aromatic rings. The van der Waals surface area contributed by atoms with Gasteiger partial charge in [0.15, 0.2) is 0 Å². The molecule has 0 spiro atoms. The third-order valence-corrected chi connectivity index (χ3v) is 16.7. The van der Waals surface area contributed by atoms with E-state index in [4.69, 9.17) is 0 Å². The van der Waals surface area contributed by atoms with Crippen LogP contribution in [0.1, 0.15) is 45.1 Å². The molecule has 14 rings (SSSR count). The number of fused-ring (bicyclic) bond motifs is 8. The average Bonchev–Trinajstić information content (AvgIpc) is 3.66. The van der Waals surface area contributed by atoms with Gasteiger partial charge in [-0.05, 0) is 149 Å². The lowest BCUT2D eigenvalue weighted by Gasteiger charge is -2.53. The smallest absolute Gasteiger partial charge is 0.252 e. The van der Waals surface area contributed by atoms with Gasteiger partial charge in [-0.3, -0.25) is 0 Å². The number of rotatable bonds is 8. The zero-order valence-corrected chi connectivity index (χ0v) is 40.2. The van der Waals surface area contributed by atoms with Crippen LogP contribution in [0.5, 0.6) is 0 Å². The van der Waals surface area contributed by atoms with Crippen LogP contribution in [-0.4, -0.2) is 12.3 Å². The van der Waals surface area contributed by atoms with Crippen molar-refractivity contribution >= 4 is 96.4 Å². The van der Waals surface area contributed by atoms with E-state index in [0.717, 1.165) is 46.2 Å². The summed E-state index contributed by atoms with van der Waals surface area (Å²) in [5.41, 5.74) is 20.9. The predicted molar refractivity (Wildman–Crippen MR) is 301 cm³/mol. The molecule has 2 unspecified atom stereocenters. The van der Waals surface area contributed by atoms with Crippen molar-refractivity contribution in [2.24, 2.45) is 0 Å². The van der Waals surface area contributed by atoms with Gasteiger partial charge in [0, 0.05) is 62.3 Å². The van der Waals surface area contributed by atoms with Gasteiger partial charge in [0.2, 0.25) is 0 Å². The molecule has 1 aliphatic carbocycles. The summed E-state index contributed by atoms with van der Waals surface area (Å²) in [6.45, 7) is 5.16. The number of benzene rings is 10. The van der Waals surface area contributed by atoms with Crippen LogP contribution in [0, 0.1) is 0 Å². The van der Waals surface area contributed by atoms with Gasteiger partial charge in [-0.15, -0.1) is 0 Å². The highest BCUT2D eigenvalue weighted by Gasteiger charge is 2.61. The maximum atomic E-state index is 2.84. The van der Waals surface area contributed by atoms with Crippen LogP contribution in [-0.2, 0) is 5.41 Å². The molecule has 1 saturated carbocycles. The molecule has 0 bridgehead atoms. The van der Waals surface area contributed by atoms with Gasteiger partial charge in [-0.2, -0.15) is 0 Å². The highest BCUT2D eigenvalue weighted by atomic mass is 15.3. The van der Waals surface area contributed by atoms with Gasteiger partial charge >= 0.3 is 0 Å². The van der Waals surface area contributed by atoms with E-state index in [1.807, 2.05) is 0 Å². The highest BCUT2D eigenvalue weighted by Crippen LogP contribution is 2.62. The Balaban J connectivity index is 1.04. The third kappa shape index (κ3) is 6.25. The molecule has 5 heteroatoms. The lowest BCUT2D eigenvalue weighted by Crippen LogP contribution is -2.64. The molecule has 0 saturated heterocycles. The number of hydrogen-bond acceptors (Lipinski definition) is 4. The molecule has 4 aliphatic rings. The van der Waals surface area contributed by atoms with Crippen LogP contribution in [0.2, 0.25) is 0 Å². The molecule has 4 nitrogen and oxygen atoms in total. The van der Waals surface area contributed by atoms with Crippen molar-refractivity contribution in [3.8, 4) is 11.1 Å². The Kier molecular flexibility index (Phi) is 9.48. The summed E-state index contributed by atoms with van der Waals surface area (Å²) < 4.78 is 0. The van der Waals surface area contributed by atoms with Crippen molar-refractivity contribution in [3.63, 3.8) is 0 Å². The lowest BCUT2D eigenvalue weighted by molar-refractivity contribution is 0.195. The quantitative estimate of drug-likeness (QED) is 0.141. The van der Waals surface area contributed by atoms with Gasteiger partial charge in [0.05, 0.1) is 11.2 Å². The molecule has 0 N–H and O–H groups in total. The van der Waals surface area contributed by atoms with E-state index < -0.39 is 0 Å². The Hall–Kier alpha value is -8.28. The van der Waals surface area contributed by atoms with Gasteiger partial charge < -0.3 is 19.6 Å². The molecule has 2 atom stereocenters. The third-order valence-electron chi connectivity index (χ3n) is 16.7. The molecule has 3 heterocycles. The molecule has 1 fully saturated rings. The Morgan fingerprint density at radius 2 is 1.00 bits per heavy atom. The van der Waals surface area contributed by atoms with Crippen molar-refractivity contribution in [1.29, 1.82) is 0 Å². The van der Waals surface area contributed by atoms with Gasteiger partial charge in [-0.25, -0.2) is 0 Å². The first-order valence-corrected chi connectivity index (χ1v) is 25.4. The SMILES string of the molecule is CC12CCCCC1(C)N1c3cc(N(c4ccccc4)c4ccccc4)cc4c3B(c3ccc(N(c5ccccc5)c5cccc(-c6cccc7ccccc67)c5)cc3N4c3ccccc3)c3cccc2c31. The van der Waals surface area contributed by atoms with Crippen molar-refractivity contribution < 1.29 is 0 Å². The summed E-state index contributed by atoms with van der Waals surface area (Å²) in [4.78, 5) is 10.3. The maximum Gasteiger partial charge on any atom is 0.252 e. The second-order valence-corrected chi connectivity index (χ2v) is 20.4. The normalized spacial score (nSPS) is 18.1. The lowest BCUT2D eigenvalue weighted by atomic mass is 9.33. The summed E-state index contributed by atoms with van der Waals surface area (Å²) >= 11 is 0. The van der Waals surface area contributed by atoms with Crippen LogP contribution in [0.4, 0.5) is 62.6 Å². The minimum atomic E-state index is -0.107. The van der Waals surface area contributed by atoms with Crippen LogP contribution in [0.15, 0.2) is 237 Å². The largest absolute Gasteiger partial charge is 0.335 e. The van der Waals surface area contributed by atoms with E-state index in [0.29, 0.717) is 0 Å². The molecular formula is C66H53BN4. The first kappa shape index (κ1) is 41.7. The van der Waals surface area contributed by atoms with Crippen LogP contribution < -0.4 is 36.0 Å². The fourth-order valence-electron chi connectivity index (χ4n) is 13.3. The Morgan fingerprint density at radius 1 is 0.437 bits per heavy atom. The fourth-order valence-corrected chi connectivity index (χ4v) is 13.3. The number of hydrogen-bond donors (Lipinski definition) is 0. The molecule has 0 aromatic heterocycles. The van der Waals surface area contributed by atoms with E-state index in [1.165, 1.54) is 85.9 Å². The van der Waals surface area contributed by atoms with Crippen LogP contribution in [0.3, 0.4) is 0 Å². The number of anilines is 11. The average molecular weight is 913 g/mol.